The molecule has 1 aliphatic rings. The fourth-order valence-electron chi connectivity index (χ4n) is 2.52. The largest absolute Gasteiger partial charge is 0.384 e. The summed E-state index contributed by atoms with van der Waals surface area (Å²) in [6.07, 6.45) is 3.33. The Labute approximate surface area is 112 Å². The number of nitrogens with one attached hydrogen (secondary N) is 2. The van der Waals surface area contributed by atoms with Gasteiger partial charge in [0.05, 0.1) is 6.61 Å². The number of H-pyrrole nitrogens is 1. The molecule has 2 rings (SSSR count). The lowest BCUT2D eigenvalue weighted by atomic mass is 9.69. The molecule has 0 aliphatic heterocycles. The van der Waals surface area contributed by atoms with Gasteiger partial charge in [-0.05, 0) is 19.8 Å². The summed E-state index contributed by atoms with van der Waals surface area (Å²) >= 11 is 0. The third kappa shape index (κ3) is 3.23. The highest BCUT2D eigenvalue weighted by molar-refractivity contribution is 5.92. The van der Waals surface area contributed by atoms with E-state index in [1.165, 1.54) is 18.6 Å². The van der Waals surface area contributed by atoms with Crippen LogP contribution in [0.2, 0.25) is 0 Å². The number of aromatic nitrogens is 1. The molecule has 0 saturated heterocycles. The van der Waals surface area contributed by atoms with Crippen LogP contribution in [0, 0.1) is 12.3 Å². The molecule has 1 saturated carbocycles. The van der Waals surface area contributed by atoms with Crippen LogP contribution in [0.3, 0.4) is 0 Å². The first-order valence-corrected chi connectivity index (χ1v) is 6.53. The van der Waals surface area contributed by atoms with Gasteiger partial charge in [0.25, 0.3) is 5.91 Å². The number of amides is 1. The number of methoxy groups -OCH3 is 1. The lowest BCUT2D eigenvalue weighted by Crippen LogP contribution is -2.45. The van der Waals surface area contributed by atoms with Gasteiger partial charge in [-0.25, -0.2) is 0 Å². The zero-order valence-electron chi connectivity index (χ0n) is 11.4. The van der Waals surface area contributed by atoms with E-state index >= 15 is 0 Å². The van der Waals surface area contributed by atoms with E-state index < -0.39 is 0 Å². The summed E-state index contributed by atoms with van der Waals surface area (Å²) in [4.78, 5) is 26.3. The maximum Gasteiger partial charge on any atom is 0.267 e. The van der Waals surface area contributed by atoms with Crippen LogP contribution < -0.4 is 10.7 Å². The maximum atomic E-state index is 12.0. The summed E-state index contributed by atoms with van der Waals surface area (Å²) in [6.45, 7) is 3.02. The first-order valence-electron chi connectivity index (χ1n) is 6.53. The van der Waals surface area contributed by atoms with Gasteiger partial charge >= 0.3 is 0 Å². The van der Waals surface area contributed by atoms with Crippen molar-refractivity contribution in [2.24, 2.45) is 5.41 Å². The quantitative estimate of drug-likeness (QED) is 0.840. The van der Waals surface area contributed by atoms with Crippen molar-refractivity contribution in [3.8, 4) is 0 Å². The molecule has 0 atom stereocenters. The number of aromatic amines is 1. The van der Waals surface area contributed by atoms with Crippen LogP contribution in [0.4, 0.5) is 0 Å². The minimum absolute atomic E-state index is 0.0779. The number of hydrogen-bond donors (Lipinski definition) is 2. The highest BCUT2D eigenvalue weighted by Crippen LogP contribution is 2.40. The van der Waals surface area contributed by atoms with Crippen LogP contribution in [0.5, 0.6) is 0 Å². The second-order valence-corrected chi connectivity index (χ2v) is 5.38. The van der Waals surface area contributed by atoms with Crippen LogP contribution in [0.25, 0.3) is 0 Å². The molecule has 1 aliphatic carbocycles. The molecule has 0 radical (unpaired) electrons. The topological polar surface area (TPSA) is 71.2 Å². The minimum Gasteiger partial charge on any atom is -0.384 e. The molecule has 1 aromatic heterocycles. The van der Waals surface area contributed by atoms with E-state index in [4.69, 9.17) is 4.74 Å². The first-order chi connectivity index (χ1) is 9.04. The molecular formula is C14H20N2O3. The Morgan fingerprint density at radius 1 is 1.47 bits per heavy atom. The minimum atomic E-state index is -0.233. The predicted octanol–water partition coefficient (Wildman–Crippen LogP) is 1.23. The molecule has 1 heterocycles. The molecule has 1 fully saturated rings. The Morgan fingerprint density at radius 2 is 2.21 bits per heavy atom. The number of hydrogen-bond acceptors (Lipinski definition) is 3. The van der Waals surface area contributed by atoms with E-state index in [1.807, 2.05) is 0 Å². The smallest absolute Gasteiger partial charge is 0.267 e. The Morgan fingerprint density at radius 3 is 2.74 bits per heavy atom. The fraction of sp³-hybridized carbons (Fsp3) is 0.571. The van der Waals surface area contributed by atoms with Gasteiger partial charge in [-0.1, -0.05) is 6.42 Å². The normalized spacial score (nSPS) is 16.7. The van der Waals surface area contributed by atoms with Crippen LogP contribution in [0.1, 0.15) is 35.4 Å². The predicted molar refractivity (Wildman–Crippen MR) is 72.3 cm³/mol. The fourth-order valence-corrected chi connectivity index (χ4v) is 2.52. The van der Waals surface area contributed by atoms with Crippen molar-refractivity contribution < 1.29 is 9.53 Å². The number of aryl methyl sites for hydroxylation is 1. The number of pyridine rings is 1. The van der Waals surface area contributed by atoms with Crippen LogP contribution in [-0.2, 0) is 4.74 Å². The van der Waals surface area contributed by atoms with Gasteiger partial charge < -0.3 is 15.0 Å². The Hall–Kier alpha value is -1.62. The highest BCUT2D eigenvalue weighted by atomic mass is 16.5. The Balaban J connectivity index is 1.99. The third-order valence-electron chi connectivity index (χ3n) is 3.71. The third-order valence-corrected chi connectivity index (χ3v) is 3.71. The van der Waals surface area contributed by atoms with Crippen molar-refractivity contribution in [1.29, 1.82) is 0 Å². The van der Waals surface area contributed by atoms with Crippen LogP contribution in [-0.4, -0.2) is 31.2 Å². The van der Waals surface area contributed by atoms with E-state index in [1.54, 1.807) is 14.0 Å². The summed E-state index contributed by atoms with van der Waals surface area (Å²) < 4.78 is 5.22. The molecule has 0 bridgehead atoms. The second-order valence-electron chi connectivity index (χ2n) is 5.38. The molecule has 19 heavy (non-hydrogen) atoms. The van der Waals surface area contributed by atoms with Gasteiger partial charge in [-0.15, -0.1) is 0 Å². The van der Waals surface area contributed by atoms with Crippen LogP contribution in [0.15, 0.2) is 16.9 Å². The summed E-state index contributed by atoms with van der Waals surface area (Å²) in [5, 5.41) is 2.89. The van der Waals surface area contributed by atoms with Crippen molar-refractivity contribution in [1.82, 2.24) is 10.3 Å². The summed E-state index contributed by atoms with van der Waals surface area (Å²) in [5.41, 5.74) is 0.926. The molecule has 1 aromatic rings. The number of carbonyl (C=O) groups is 1. The van der Waals surface area contributed by atoms with Gasteiger partial charge in [0.15, 0.2) is 5.43 Å². The van der Waals surface area contributed by atoms with Crippen molar-refractivity contribution in [2.45, 2.75) is 26.2 Å². The number of carbonyl (C=O) groups excluding carboxylic acids is 1. The SMILES string of the molecule is COCC1(CNC(=O)c2cc(=O)cc(C)[nH]2)CCC1. The Bertz CT molecular complexity index is 518. The monoisotopic (exact) mass is 264 g/mol. The van der Waals surface area contributed by atoms with E-state index in [0.717, 1.165) is 12.8 Å². The number of ether oxygens (including phenoxy) is 1. The van der Waals surface area contributed by atoms with Gasteiger partial charge in [0.1, 0.15) is 5.69 Å². The second kappa shape index (κ2) is 5.57. The molecule has 0 spiro atoms. The summed E-state index contributed by atoms with van der Waals surface area (Å²) in [7, 11) is 1.68. The molecule has 1 amide bonds. The molecule has 0 aromatic carbocycles. The van der Waals surface area contributed by atoms with Gasteiger partial charge in [-0.3, -0.25) is 9.59 Å². The van der Waals surface area contributed by atoms with Crippen LogP contribution >= 0.6 is 0 Å². The number of rotatable bonds is 5. The molecule has 104 valence electrons. The van der Waals surface area contributed by atoms with Crippen molar-refractivity contribution in [3.05, 3.63) is 33.7 Å². The van der Waals surface area contributed by atoms with E-state index in [-0.39, 0.29) is 16.8 Å². The van der Waals surface area contributed by atoms with Gasteiger partial charge in [0.2, 0.25) is 0 Å². The first kappa shape index (κ1) is 13.8. The molecule has 2 N–H and O–H groups in total. The molecule has 0 unspecified atom stereocenters. The molecule has 5 nitrogen and oxygen atoms in total. The standard InChI is InChI=1S/C14H20N2O3/c1-10-6-11(17)7-12(16-10)13(18)15-8-14(9-19-2)4-3-5-14/h6-7H,3-5,8-9H2,1-2H3,(H,15,18)(H,16,17). The highest BCUT2D eigenvalue weighted by Gasteiger charge is 2.37. The average molecular weight is 264 g/mol. The van der Waals surface area contributed by atoms with E-state index in [9.17, 15) is 9.59 Å². The zero-order chi connectivity index (χ0) is 13.9. The van der Waals surface area contributed by atoms with E-state index in [2.05, 4.69) is 10.3 Å². The van der Waals surface area contributed by atoms with Gasteiger partial charge in [0, 0.05) is 36.9 Å². The summed E-state index contributed by atoms with van der Waals surface area (Å²) in [6, 6.07) is 2.79. The molecule has 5 heteroatoms. The maximum absolute atomic E-state index is 12.0. The lowest BCUT2D eigenvalue weighted by Gasteiger charge is -2.41. The Kier molecular flexibility index (Phi) is 4.04. The molecular weight excluding hydrogens is 244 g/mol. The zero-order valence-corrected chi connectivity index (χ0v) is 11.4. The van der Waals surface area contributed by atoms with E-state index in [0.29, 0.717) is 24.5 Å². The average Bonchev–Trinajstić information content (AvgIpc) is 2.30. The van der Waals surface area contributed by atoms with Gasteiger partial charge in [-0.2, -0.15) is 0 Å². The summed E-state index contributed by atoms with van der Waals surface area (Å²) in [5.74, 6) is -0.233. The van der Waals surface area contributed by atoms with Crippen molar-refractivity contribution >= 4 is 5.91 Å². The lowest BCUT2D eigenvalue weighted by molar-refractivity contribution is 0.0179. The van der Waals surface area contributed by atoms with Crippen molar-refractivity contribution in [3.63, 3.8) is 0 Å². The van der Waals surface area contributed by atoms with Crippen molar-refractivity contribution in [2.75, 3.05) is 20.3 Å².